The van der Waals surface area contributed by atoms with E-state index in [1.54, 1.807) is 0 Å². The summed E-state index contributed by atoms with van der Waals surface area (Å²) in [5.74, 6) is 0.628. The highest BCUT2D eigenvalue weighted by molar-refractivity contribution is 14.0. The summed E-state index contributed by atoms with van der Waals surface area (Å²) in [7, 11) is 4.15. The maximum atomic E-state index is 5.97. The van der Waals surface area contributed by atoms with Crippen LogP contribution in [0.5, 0.6) is 0 Å². The number of rotatable bonds is 6. The van der Waals surface area contributed by atoms with Crippen molar-refractivity contribution >= 4 is 29.9 Å². The van der Waals surface area contributed by atoms with Crippen LogP contribution in [0.1, 0.15) is 25.0 Å². The first-order valence-corrected chi connectivity index (χ1v) is 6.84. The van der Waals surface area contributed by atoms with Gasteiger partial charge in [-0.15, -0.1) is 24.0 Å². The summed E-state index contributed by atoms with van der Waals surface area (Å²) in [6.45, 7) is 7.55. The molecule has 0 bridgehead atoms. The molecule has 0 amide bonds. The summed E-state index contributed by atoms with van der Waals surface area (Å²) in [6, 6.07) is 8.51. The lowest BCUT2D eigenvalue weighted by atomic mass is 10.1. The molecule has 5 heteroatoms. The summed E-state index contributed by atoms with van der Waals surface area (Å²) in [6.07, 6.45) is 0. The summed E-state index contributed by atoms with van der Waals surface area (Å²) >= 11 is 0. The van der Waals surface area contributed by atoms with Crippen molar-refractivity contribution in [2.75, 3.05) is 27.2 Å². The normalized spacial score (nSPS) is 11.3. The Hall–Kier alpha value is -0.820. The number of hydrogen-bond donors (Lipinski definition) is 1. The number of nitrogens with two attached hydrogens (primary N) is 1. The summed E-state index contributed by atoms with van der Waals surface area (Å²) in [4.78, 5) is 8.68. The van der Waals surface area contributed by atoms with Gasteiger partial charge in [0, 0.05) is 19.6 Å². The van der Waals surface area contributed by atoms with Crippen molar-refractivity contribution in [1.29, 1.82) is 0 Å². The van der Waals surface area contributed by atoms with Gasteiger partial charge in [0.1, 0.15) is 0 Å². The fourth-order valence-corrected chi connectivity index (χ4v) is 2.01. The zero-order valence-electron chi connectivity index (χ0n) is 13.0. The minimum absolute atomic E-state index is 0. The van der Waals surface area contributed by atoms with E-state index in [2.05, 4.69) is 67.0 Å². The van der Waals surface area contributed by atoms with Gasteiger partial charge in [0.05, 0.1) is 6.54 Å². The second-order valence-corrected chi connectivity index (χ2v) is 4.90. The van der Waals surface area contributed by atoms with Gasteiger partial charge in [0.15, 0.2) is 5.96 Å². The molecule has 20 heavy (non-hydrogen) atoms. The van der Waals surface area contributed by atoms with Gasteiger partial charge in [-0.05, 0) is 39.1 Å². The highest BCUT2D eigenvalue weighted by atomic mass is 127. The van der Waals surface area contributed by atoms with Crippen molar-refractivity contribution in [3.63, 3.8) is 0 Å². The van der Waals surface area contributed by atoms with Crippen molar-refractivity contribution in [1.82, 2.24) is 9.80 Å². The predicted molar refractivity (Wildman–Crippen MR) is 97.5 cm³/mol. The monoisotopic (exact) mass is 390 g/mol. The molecule has 0 aliphatic rings. The largest absolute Gasteiger partial charge is 0.370 e. The molecule has 0 fully saturated rings. The van der Waals surface area contributed by atoms with Crippen LogP contribution in [0.2, 0.25) is 0 Å². The van der Waals surface area contributed by atoms with E-state index in [0.29, 0.717) is 12.5 Å². The smallest absolute Gasteiger partial charge is 0.191 e. The van der Waals surface area contributed by atoms with Gasteiger partial charge in [-0.2, -0.15) is 0 Å². The van der Waals surface area contributed by atoms with E-state index in [-0.39, 0.29) is 24.0 Å². The molecule has 2 N–H and O–H groups in total. The average Bonchev–Trinajstić information content (AvgIpc) is 2.37. The quantitative estimate of drug-likeness (QED) is 0.461. The van der Waals surface area contributed by atoms with Crippen LogP contribution in [-0.2, 0) is 13.1 Å². The van der Waals surface area contributed by atoms with Crippen LogP contribution in [0.15, 0.2) is 29.3 Å². The van der Waals surface area contributed by atoms with E-state index in [1.807, 2.05) is 0 Å². The van der Waals surface area contributed by atoms with Gasteiger partial charge in [0.2, 0.25) is 0 Å². The lowest BCUT2D eigenvalue weighted by Crippen LogP contribution is -2.37. The second kappa shape index (κ2) is 9.99. The molecule has 1 aromatic carbocycles. The minimum Gasteiger partial charge on any atom is -0.370 e. The molecule has 0 aliphatic heterocycles. The Morgan fingerprint density at radius 1 is 1.15 bits per heavy atom. The second-order valence-electron chi connectivity index (χ2n) is 4.90. The van der Waals surface area contributed by atoms with Crippen molar-refractivity contribution in [3.8, 4) is 0 Å². The Kier molecular flexibility index (Phi) is 9.58. The highest BCUT2D eigenvalue weighted by Crippen LogP contribution is 2.08. The van der Waals surface area contributed by atoms with Gasteiger partial charge in [0.25, 0.3) is 0 Å². The molecule has 1 rings (SSSR count). The zero-order valence-corrected chi connectivity index (χ0v) is 15.3. The van der Waals surface area contributed by atoms with E-state index in [0.717, 1.165) is 19.6 Å². The SMILES string of the molecule is CCN(CC)C(N)=NCc1cccc(CN(C)C)c1.I. The highest BCUT2D eigenvalue weighted by Gasteiger charge is 2.02. The number of nitrogens with zero attached hydrogens (tertiary/aromatic N) is 3. The number of guanidine groups is 1. The van der Waals surface area contributed by atoms with E-state index in [1.165, 1.54) is 11.1 Å². The molecular weight excluding hydrogens is 363 g/mol. The van der Waals surface area contributed by atoms with Crippen molar-refractivity contribution in [2.45, 2.75) is 26.9 Å². The molecule has 114 valence electrons. The maximum absolute atomic E-state index is 5.97. The minimum atomic E-state index is 0. The van der Waals surface area contributed by atoms with Crippen LogP contribution in [-0.4, -0.2) is 42.9 Å². The number of aliphatic imine (C=N–C) groups is 1. The molecule has 0 atom stereocenters. The van der Waals surface area contributed by atoms with E-state index in [4.69, 9.17) is 5.73 Å². The Morgan fingerprint density at radius 3 is 2.30 bits per heavy atom. The number of halogens is 1. The van der Waals surface area contributed by atoms with Crippen LogP contribution < -0.4 is 5.73 Å². The lowest BCUT2D eigenvalue weighted by Gasteiger charge is -2.19. The third-order valence-electron chi connectivity index (χ3n) is 3.00. The molecule has 0 radical (unpaired) electrons. The third kappa shape index (κ3) is 6.56. The summed E-state index contributed by atoms with van der Waals surface area (Å²) in [5, 5.41) is 0. The van der Waals surface area contributed by atoms with Crippen LogP contribution in [0.3, 0.4) is 0 Å². The van der Waals surface area contributed by atoms with Gasteiger partial charge < -0.3 is 15.5 Å². The topological polar surface area (TPSA) is 44.9 Å². The third-order valence-corrected chi connectivity index (χ3v) is 3.00. The molecule has 1 aromatic rings. The Labute approximate surface area is 140 Å². The summed E-state index contributed by atoms with van der Waals surface area (Å²) in [5.41, 5.74) is 8.48. The van der Waals surface area contributed by atoms with Crippen molar-refractivity contribution in [3.05, 3.63) is 35.4 Å². The molecule has 4 nitrogen and oxygen atoms in total. The molecule has 0 aromatic heterocycles. The van der Waals surface area contributed by atoms with E-state index < -0.39 is 0 Å². The molecule has 0 saturated carbocycles. The fourth-order valence-electron chi connectivity index (χ4n) is 2.01. The lowest BCUT2D eigenvalue weighted by molar-refractivity contribution is 0.402. The van der Waals surface area contributed by atoms with Crippen LogP contribution >= 0.6 is 24.0 Å². The zero-order chi connectivity index (χ0) is 14.3. The predicted octanol–water partition coefficient (Wildman–Crippen LogP) is 2.52. The van der Waals surface area contributed by atoms with Gasteiger partial charge in [-0.25, -0.2) is 4.99 Å². The maximum Gasteiger partial charge on any atom is 0.191 e. The first kappa shape index (κ1) is 19.2. The van der Waals surface area contributed by atoms with Gasteiger partial charge in [-0.3, -0.25) is 0 Å². The first-order valence-electron chi connectivity index (χ1n) is 6.84. The molecule has 0 spiro atoms. The van der Waals surface area contributed by atoms with Crippen LogP contribution in [0.4, 0.5) is 0 Å². The van der Waals surface area contributed by atoms with Crippen LogP contribution in [0, 0.1) is 0 Å². The van der Waals surface area contributed by atoms with Gasteiger partial charge >= 0.3 is 0 Å². The number of benzene rings is 1. The van der Waals surface area contributed by atoms with Crippen molar-refractivity contribution < 1.29 is 0 Å². The average molecular weight is 390 g/mol. The fraction of sp³-hybridized carbons (Fsp3) is 0.533. The molecular formula is C15H27IN4. The molecule has 0 heterocycles. The van der Waals surface area contributed by atoms with Crippen LogP contribution in [0.25, 0.3) is 0 Å². The molecule has 0 aliphatic carbocycles. The van der Waals surface area contributed by atoms with E-state index in [9.17, 15) is 0 Å². The molecule has 0 unspecified atom stereocenters. The molecule has 0 saturated heterocycles. The Morgan fingerprint density at radius 2 is 1.75 bits per heavy atom. The van der Waals surface area contributed by atoms with E-state index >= 15 is 0 Å². The first-order chi connectivity index (χ1) is 9.06. The Balaban J connectivity index is 0.00000361. The summed E-state index contributed by atoms with van der Waals surface area (Å²) < 4.78 is 0. The van der Waals surface area contributed by atoms with Crippen molar-refractivity contribution in [2.24, 2.45) is 10.7 Å². The standard InChI is InChI=1S/C15H26N4.HI/c1-5-19(6-2)15(16)17-11-13-8-7-9-14(10-13)12-18(3)4;/h7-10H,5-6,11-12H2,1-4H3,(H2,16,17);1H. The Bertz CT molecular complexity index is 414. The van der Waals surface area contributed by atoms with Gasteiger partial charge in [-0.1, -0.05) is 24.3 Å². The number of hydrogen-bond acceptors (Lipinski definition) is 2.